The van der Waals surface area contributed by atoms with Crippen LogP contribution in [0.4, 0.5) is 11.4 Å². The summed E-state index contributed by atoms with van der Waals surface area (Å²) in [4.78, 5) is 64.5. The van der Waals surface area contributed by atoms with E-state index in [2.05, 4.69) is 12.1 Å². The van der Waals surface area contributed by atoms with Crippen molar-refractivity contribution in [3.8, 4) is 11.5 Å². The van der Waals surface area contributed by atoms with Gasteiger partial charge in [-0.15, -0.1) is 0 Å². The molecule has 1 saturated heterocycles. The van der Waals surface area contributed by atoms with Gasteiger partial charge in [-0.05, 0) is 90.8 Å². The number of ether oxygens (including phenoxy) is 2. The number of benzene rings is 4. The van der Waals surface area contributed by atoms with Crippen molar-refractivity contribution in [2.45, 2.75) is 18.8 Å². The molecular weight excluding hydrogens is 588 g/mol. The highest BCUT2D eigenvalue weighted by Gasteiger charge is 2.64. The predicted molar refractivity (Wildman–Crippen MR) is 166 cm³/mol. The van der Waals surface area contributed by atoms with Crippen LogP contribution < -0.4 is 9.64 Å². The zero-order chi connectivity index (χ0) is 31.9. The number of non-ortho nitro benzene ring substituents is 1. The van der Waals surface area contributed by atoms with Gasteiger partial charge < -0.3 is 9.47 Å². The molecule has 2 amide bonds. The van der Waals surface area contributed by atoms with E-state index in [1.54, 1.807) is 24.3 Å². The summed E-state index contributed by atoms with van der Waals surface area (Å²) in [6, 6.07) is 28.1. The van der Waals surface area contributed by atoms with E-state index in [0.29, 0.717) is 22.7 Å². The molecule has 1 heterocycles. The predicted octanol–water partition coefficient (Wildman–Crippen LogP) is 6.36. The summed E-state index contributed by atoms with van der Waals surface area (Å²) in [6.45, 7) is -0.512. The van der Waals surface area contributed by atoms with Crippen molar-refractivity contribution in [2.75, 3.05) is 11.5 Å². The molecule has 2 bridgehead atoms. The van der Waals surface area contributed by atoms with Crippen molar-refractivity contribution in [1.29, 1.82) is 0 Å². The highest BCUT2D eigenvalue weighted by atomic mass is 16.6. The third-order valence-corrected chi connectivity index (χ3v) is 9.38. The molecule has 3 fully saturated rings. The Balaban J connectivity index is 0.979. The molecule has 10 nitrogen and oxygen atoms in total. The largest absolute Gasteiger partial charge is 0.457 e. The van der Waals surface area contributed by atoms with Crippen molar-refractivity contribution in [2.24, 2.45) is 23.7 Å². The summed E-state index contributed by atoms with van der Waals surface area (Å²) in [5.74, 6) is -0.994. The molecule has 0 N–H and O–H groups in total. The first kappa shape index (κ1) is 29.1. The van der Waals surface area contributed by atoms with Crippen molar-refractivity contribution in [1.82, 2.24) is 0 Å². The van der Waals surface area contributed by atoms with E-state index in [4.69, 9.17) is 9.47 Å². The second-order valence-electron chi connectivity index (χ2n) is 11.9. The first-order chi connectivity index (χ1) is 22.3. The van der Waals surface area contributed by atoms with Crippen LogP contribution in [0.15, 0.2) is 103 Å². The number of Topliss-reactive ketones (excluding diaryl/α,β-unsaturated/α-hetero) is 1. The number of fused-ring (bicyclic) bond motifs is 5. The lowest BCUT2D eigenvalue weighted by atomic mass is 9.73. The Hall–Kier alpha value is -5.64. The van der Waals surface area contributed by atoms with Crippen LogP contribution in [0.5, 0.6) is 11.5 Å². The minimum Gasteiger partial charge on any atom is -0.457 e. The number of nitrogens with zero attached hydrogens (tertiary/aromatic N) is 2. The third kappa shape index (κ3) is 5.21. The molecule has 1 aliphatic heterocycles. The Morgan fingerprint density at radius 1 is 0.783 bits per heavy atom. The number of amides is 2. The van der Waals surface area contributed by atoms with Crippen LogP contribution in [-0.4, -0.2) is 35.1 Å². The minimum absolute atomic E-state index is 0.0566. The third-order valence-electron chi connectivity index (χ3n) is 9.38. The SMILES string of the molecule is O=C(COC(=O)c1cccc(N2C(=O)[C@@H]3[C@@H]4C[C@@H]([C@@H]3C2=O)[C@@H](c2ccccc2)C4)c1)c1ccc(Oc2ccc([N+](=O)[O-])cc2)cc1. The highest BCUT2D eigenvalue weighted by Crippen LogP contribution is 2.61. The molecule has 230 valence electrons. The van der Waals surface area contributed by atoms with Gasteiger partial charge >= 0.3 is 5.97 Å². The van der Waals surface area contributed by atoms with Crippen molar-refractivity contribution in [3.05, 3.63) is 130 Å². The van der Waals surface area contributed by atoms with Gasteiger partial charge in [0.15, 0.2) is 12.4 Å². The van der Waals surface area contributed by atoms with Gasteiger partial charge in [0.05, 0.1) is 28.0 Å². The van der Waals surface area contributed by atoms with Crippen molar-refractivity contribution >= 4 is 34.9 Å². The first-order valence-electron chi connectivity index (χ1n) is 15.0. The van der Waals surface area contributed by atoms with Gasteiger partial charge in [0.2, 0.25) is 11.8 Å². The van der Waals surface area contributed by atoms with Gasteiger partial charge in [0.1, 0.15) is 11.5 Å². The van der Waals surface area contributed by atoms with Crippen LogP contribution in [0.25, 0.3) is 0 Å². The Morgan fingerprint density at radius 2 is 1.46 bits per heavy atom. The van der Waals surface area contributed by atoms with E-state index >= 15 is 0 Å². The maximum atomic E-state index is 13.7. The molecule has 2 aliphatic carbocycles. The number of ketones is 1. The quantitative estimate of drug-likeness (QED) is 0.0698. The van der Waals surface area contributed by atoms with Crippen molar-refractivity contribution in [3.63, 3.8) is 0 Å². The fourth-order valence-electron chi connectivity index (χ4n) is 7.35. The lowest BCUT2D eigenvalue weighted by Gasteiger charge is -2.28. The zero-order valence-electron chi connectivity index (χ0n) is 24.5. The standard InChI is InChI=1S/C36H28N2O8/c39-31(22-9-13-27(14-10-22)46-28-15-11-25(12-16-28)38(43)44)20-45-36(42)23-7-4-8-26(17-23)37-34(40)32-24-18-29(21-5-2-1-3-6-21)30(19-24)33(32)35(37)41/h1-17,24,29-30,32-33H,18-20H2/t24-,29+,30+,32+,33-/m0/s1. The maximum absolute atomic E-state index is 13.7. The van der Waals surface area contributed by atoms with E-state index in [1.807, 2.05) is 18.2 Å². The summed E-state index contributed by atoms with van der Waals surface area (Å²) < 4.78 is 11.0. The van der Waals surface area contributed by atoms with E-state index in [1.165, 1.54) is 59.0 Å². The van der Waals surface area contributed by atoms with Gasteiger partial charge in [-0.3, -0.25) is 29.4 Å². The molecule has 0 unspecified atom stereocenters. The molecule has 7 rings (SSSR count). The second kappa shape index (κ2) is 11.7. The Bertz CT molecular complexity index is 1860. The summed E-state index contributed by atoms with van der Waals surface area (Å²) in [6.07, 6.45) is 1.76. The van der Waals surface area contributed by atoms with Gasteiger partial charge in [-0.25, -0.2) is 4.79 Å². The first-order valence-corrected chi connectivity index (χ1v) is 15.0. The van der Waals surface area contributed by atoms with Crippen LogP contribution in [0.2, 0.25) is 0 Å². The number of rotatable bonds is 9. The number of hydrogen-bond acceptors (Lipinski definition) is 8. The Morgan fingerprint density at radius 3 is 2.15 bits per heavy atom. The van der Waals surface area contributed by atoms with Gasteiger partial charge in [-0.1, -0.05) is 36.4 Å². The summed E-state index contributed by atoms with van der Waals surface area (Å²) in [5.41, 5.74) is 1.89. The summed E-state index contributed by atoms with van der Waals surface area (Å²) in [7, 11) is 0. The highest BCUT2D eigenvalue weighted by molar-refractivity contribution is 6.23. The molecule has 46 heavy (non-hydrogen) atoms. The number of anilines is 1. The van der Waals surface area contributed by atoms with Crippen LogP contribution in [0.3, 0.4) is 0 Å². The van der Waals surface area contributed by atoms with Crippen molar-refractivity contribution < 1.29 is 33.6 Å². The fourth-order valence-corrected chi connectivity index (χ4v) is 7.35. The fraction of sp³-hybridized carbons (Fsp3) is 0.222. The lowest BCUT2D eigenvalue weighted by Crippen LogP contribution is -2.33. The topological polar surface area (TPSA) is 133 Å². The molecular formula is C36H28N2O8. The molecule has 5 atom stereocenters. The minimum atomic E-state index is -0.753. The number of hydrogen-bond donors (Lipinski definition) is 0. The molecule has 3 aliphatic rings. The molecule has 0 aromatic heterocycles. The molecule has 4 aromatic rings. The molecule has 4 aromatic carbocycles. The number of nitro groups is 1. The lowest BCUT2D eigenvalue weighted by molar-refractivity contribution is -0.384. The van der Waals surface area contributed by atoms with Gasteiger partial charge in [-0.2, -0.15) is 0 Å². The van der Waals surface area contributed by atoms with Crippen LogP contribution in [0.1, 0.15) is 45.0 Å². The number of imide groups is 1. The zero-order valence-corrected chi connectivity index (χ0v) is 24.5. The van der Waals surface area contributed by atoms with E-state index < -0.39 is 23.3 Å². The van der Waals surface area contributed by atoms with Crippen LogP contribution in [-0.2, 0) is 14.3 Å². The number of carbonyl (C=O) groups is 4. The molecule has 0 radical (unpaired) electrons. The Kier molecular flexibility index (Phi) is 7.40. The summed E-state index contributed by atoms with van der Waals surface area (Å²) >= 11 is 0. The normalized spacial score (nSPS) is 22.9. The molecule has 0 spiro atoms. The van der Waals surface area contributed by atoms with Gasteiger partial charge in [0, 0.05) is 17.7 Å². The van der Waals surface area contributed by atoms with E-state index in [9.17, 15) is 29.3 Å². The van der Waals surface area contributed by atoms with E-state index in [0.717, 1.165) is 12.8 Å². The number of nitro benzene ring substituents is 1. The van der Waals surface area contributed by atoms with Gasteiger partial charge in [0.25, 0.3) is 5.69 Å². The Labute approximate surface area is 263 Å². The van der Waals surface area contributed by atoms with Crippen LogP contribution in [0, 0.1) is 33.8 Å². The number of esters is 1. The van der Waals surface area contributed by atoms with E-state index in [-0.39, 0.29) is 52.7 Å². The average molecular weight is 617 g/mol. The molecule has 2 saturated carbocycles. The second-order valence-corrected chi connectivity index (χ2v) is 11.9. The average Bonchev–Trinajstić information content (AvgIpc) is 3.75. The summed E-state index contributed by atoms with van der Waals surface area (Å²) in [5, 5.41) is 10.8. The number of carbonyl (C=O) groups excluding carboxylic acids is 4. The van der Waals surface area contributed by atoms with Crippen LogP contribution >= 0.6 is 0 Å². The molecule has 10 heteroatoms. The monoisotopic (exact) mass is 616 g/mol. The maximum Gasteiger partial charge on any atom is 0.338 e. The smallest absolute Gasteiger partial charge is 0.338 e.